The van der Waals surface area contributed by atoms with E-state index < -0.39 is 67.3 Å². The van der Waals surface area contributed by atoms with Crippen molar-refractivity contribution in [1.82, 2.24) is 0 Å². The van der Waals surface area contributed by atoms with Gasteiger partial charge < -0.3 is 39.0 Å². The largest absolute Gasteiger partial charge is 0.479 e. The lowest BCUT2D eigenvalue weighted by atomic mass is 9.98. The molecule has 0 aromatic carbocycles. The molecular formula is C61H114O12. The van der Waals surface area contributed by atoms with Crippen LogP contribution in [0, 0.1) is 0 Å². The number of hydrogen-bond donors (Lipinski definition) is 3. The van der Waals surface area contributed by atoms with E-state index in [4.69, 9.17) is 23.7 Å². The normalized spacial score (nSPS) is 18.2. The van der Waals surface area contributed by atoms with E-state index in [-0.39, 0.29) is 25.9 Å². The maximum absolute atomic E-state index is 13.1. The zero-order valence-corrected chi connectivity index (χ0v) is 47.4. The molecular weight excluding hydrogens is 925 g/mol. The molecule has 0 aromatic rings. The number of carbonyl (C=O) groups is 4. The zero-order chi connectivity index (χ0) is 53.3. The van der Waals surface area contributed by atoms with Gasteiger partial charge >= 0.3 is 23.9 Å². The van der Waals surface area contributed by atoms with Crippen LogP contribution < -0.4 is 0 Å². The number of esters is 3. The molecule has 0 saturated carbocycles. The van der Waals surface area contributed by atoms with E-state index in [1.165, 1.54) is 199 Å². The Labute approximate surface area is 446 Å². The molecule has 0 amide bonds. The number of carboxylic acids is 1. The molecule has 0 bridgehead atoms. The Morgan fingerprint density at radius 3 is 1.03 bits per heavy atom. The van der Waals surface area contributed by atoms with Gasteiger partial charge in [-0.2, -0.15) is 0 Å². The standard InChI is InChI=1S/C61H114O12/c1-4-7-10-13-16-19-22-24-25-26-27-28-29-31-34-37-40-43-46-49-55(64)72-59-57(66)56(65)58(60(67)68)73-61(59)70-51-52(71-54(63)48-45-42-39-36-32-21-18-15-12-9-6-3)50-69-53(62)47-44-41-38-35-33-30-23-20-17-14-11-8-5-2/h52,56-59,61,65-66H,4-51H2,1-3H3,(H,67,68). The maximum atomic E-state index is 13.1. The molecule has 12 heteroatoms. The van der Waals surface area contributed by atoms with Crippen molar-refractivity contribution in [3.63, 3.8) is 0 Å². The number of aliphatic carboxylic acids is 1. The molecule has 1 saturated heterocycles. The van der Waals surface area contributed by atoms with Gasteiger partial charge in [0.1, 0.15) is 18.8 Å². The third kappa shape index (κ3) is 40.6. The molecule has 1 heterocycles. The van der Waals surface area contributed by atoms with Gasteiger partial charge in [0.05, 0.1) is 6.61 Å². The fourth-order valence-electron chi connectivity index (χ4n) is 9.90. The van der Waals surface area contributed by atoms with Gasteiger partial charge in [-0.3, -0.25) is 14.4 Å². The summed E-state index contributed by atoms with van der Waals surface area (Å²) in [6.45, 7) is 6.03. The van der Waals surface area contributed by atoms with Crippen LogP contribution >= 0.6 is 0 Å². The summed E-state index contributed by atoms with van der Waals surface area (Å²) in [5.74, 6) is -3.07. The highest BCUT2D eigenvalue weighted by molar-refractivity contribution is 5.74. The zero-order valence-electron chi connectivity index (χ0n) is 47.4. The third-order valence-corrected chi connectivity index (χ3v) is 14.7. The second-order valence-electron chi connectivity index (χ2n) is 21.7. The van der Waals surface area contributed by atoms with Gasteiger partial charge in [0.2, 0.25) is 0 Å². The number of aliphatic hydroxyl groups excluding tert-OH is 2. The maximum Gasteiger partial charge on any atom is 0.335 e. The number of unbranched alkanes of at least 4 members (excludes halogenated alkanes) is 40. The Balaban J connectivity index is 2.61. The van der Waals surface area contributed by atoms with E-state index in [1.807, 2.05) is 0 Å². The van der Waals surface area contributed by atoms with E-state index in [9.17, 15) is 34.5 Å². The summed E-state index contributed by atoms with van der Waals surface area (Å²) in [6.07, 6.45) is 42.2. The molecule has 430 valence electrons. The van der Waals surface area contributed by atoms with Crippen LogP contribution in [0.4, 0.5) is 0 Å². The van der Waals surface area contributed by atoms with E-state index in [1.54, 1.807) is 0 Å². The van der Waals surface area contributed by atoms with Crippen LogP contribution in [0.1, 0.15) is 316 Å². The van der Waals surface area contributed by atoms with Crippen LogP contribution in [0.15, 0.2) is 0 Å². The molecule has 0 aromatic heterocycles. The molecule has 0 aliphatic carbocycles. The van der Waals surface area contributed by atoms with Crippen LogP contribution in [0.5, 0.6) is 0 Å². The average molecular weight is 1040 g/mol. The van der Waals surface area contributed by atoms with Gasteiger partial charge in [0.25, 0.3) is 0 Å². The quantitative estimate of drug-likeness (QED) is 0.0299. The first-order valence-corrected chi connectivity index (χ1v) is 31.0. The molecule has 1 rings (SSSR count). The molecule has 1 aliphatic rings. The minimum atomic E-state index is -1.89. The highest BCUT2D eigenvalue weighted by Crippen LogP contribution is 2.27. The van der Waals surface area contributed by atoms with Gasteiger partial charge in [-0.15, -0.1) is 0 Å². The lowest BCUT2D eigenvalue weighted by Crippen LogP contribution is -2.61. The minimum absolute atomic E-state index is 0.0712. The second-order valence-corrected chi connectivity index (χ2v) is 21.7. The molecule has 6 atom stereocenters. The Hall–Kier alpha value is -2.28. The Morgan fingerprint density at radius 2 is 0.699 bits per heavy atom. The fourth-order valence-corrected chi connectivity index (χ4v) is 9.90. The first-order chi connectivity index (χ1) is 35.6. The number of aliphatic hydroxyl groups is 2. The predicted molar refractivity (Wildman–Crippen MR) is 294 cm³/mol. The van der Waals surface area contributed by atoms with Crippen LogP contribution in [0.25, 0.3) is 0 Å². The van der Waals surface area contributed by atoms with Crippen molar-refractivity contribution in [2.24, 2.45) is 0 Å². The molecule has 73 heavy (non-hydrogen) atoms. The van der Waals surface area contributed by atoms with Crippen molar-refractivity contribution in [2.75, 3.05) is 13.2 Å². The van der Waals surface area contributed by atoms with Crippen molar-refractivity contribution >= 4 is 23.9 Å². The van der Waals surface area contributed by atoms with Gasteiger partial charge in [0, 0.05) is 19.3 Å². The van der Waals surface area contributed by atoms with Crippen molar-refractivity contribution in [1.29, 1.82) is 0 Å². The lowest BCUT2D eigenvalue weighted by Gasteiger charge is -2.40. The summed E-state index contributed by atoms with van der Waals surface area (Å²) in [5, 5.41) is 31.5. The highest BCUT2D eigenvalue weighted by Gasteiger charge is 2.50. The highest BCUT2D eigenvalue weighted by atomic mass is 16.7. The van der Waals surface area contributed by atoms with E-state index in [2.05, 4.69) is 20.8 Å². The van der Waals surface area contributed by atoms with Crippen LogP contribution in [-0.2, 0) is 42.9 Å². The van der Waals surface area contributed by atoms with Crippen LogP contribution in [0.3, 0.4) is 0 Å². The Bertz CT molecular complexity index is 1280. The molecule has 3 N–H and O–H groups in total. The Morgan fingerprint density at radius 1 is 0.397 bits per heavy atom. The summed E-state index contributed by atoms with van der Waals surface area (Å²) in [5.41, 5.74) is 0. The lowest BCUT2D eigenvalue weighted by molar-refractivity contribution is -0.301. The smallest absolute Gasteiger partial charge is 0.335 e. The van der Waals surface area contributed by atoms with Crippen LogP contribution in [-0.4, -0.2) is 89.2 Å². The van der Waals surface area contributed by atoms with E-state index in [0.717, 1.165) is 57.8 Å². The van der Waals surface area contributed by atoms with Crippen LogP contribution in [0.2, 0.25) is 0 Å². The van der Waals surface area contributed by atoms with Gasteiger partial charge in [-0.25, -0.2) is 4.79 Å². The molecule has 1 fully saturated rings. The van der Waals surface area contributed by atoms with Crippen molar-refractivity contribution in [3.05, 3.63) is 0 Å². The van der Waals surface area contributed by atoms with Gasteiger partial charge in [0.15, 0.2) is 24.6 Å². The second kappa shape index (κ2) is 50.5. The number of hydrogen-bond acceptors (Lipinski definition) is 11. The first kappa shape index (κ1) is 68.7. The molecule has 1 aliphatic heterocycles. The molecule has 12 nitrogen and oxygen atoms in total. The summed E-state index contributed by atoms with van der Waals surface area (Å²) >= 11 is 0. The van der Waals surface area contributed by atoms with Crippen molar-refractivity contribution in [3.8, 4) is 0 Å². The third-order valence-electron chi connectivity index (χ3n) is 14.7. The molecule has 6 unspecified atom stereocenters. The summed E-state index contributed by atoms with van der Waals surface area (Å²) in [4.78, 5) is 51.1. The van der Waals surface area contributed by atoms with E-state index >= 15 is 0 Å². The van der Waals surface area contributed by atoms with Gasteiger partial charge in [-0.05, 0) is 19.3 Å². The monoisotopic (exact) mass is 1040 g/mol. The summed E-state index contributed by atoms with van der Waals surface area (Å²) in [7, 11) is 0. The average Bonchev–Trinajstić information content (AvgIpc) is 3.37. The van der Waals surface area contributed by atoms with Gasteiger partial charge in [-0.1, -0.05) is 278 Å². The van der Waals surface area contributed by atoms with Crippen molar-refractivity contribution < 1.29 is 58.2 Å². The Kier molecular flexibility index (Phi) is 47.6. The number of carbonyl (C=O) groups excluding carboxylic acids is 3. The SMILES string of the molecule is CCCCCCCCCCCCCCCCCCCCCC(=O)OC1C(OCC(COC(=O)CCCCCCCCCCCCCCC)OC(=O)CCCCCCCCCCCCC)OC(C(=O)O)C(O)C1O. The van der Waals surface area contributed by atoms with E-state index in [0.29, 0.717) is 19.3 Å². The predicted octanol–water partition coefficient (Wildman–Crippen LogP) is 15.9. The minimum Gasteiger partial charge on any atom is -0.479 e. The number of ether oxygens (including phenoxy) is 5. The number of rotatable bonds is 54. The molecule has 0 radical (unpaired) electrons. The van der Waals surface area contributed by atoms with Crippen molar-refractivity contribution in [2.45, 2.75) is 353 Å². The summed E-state index contributed by atoms with van der Waals surface area (Å²) in [6, 6.07) is 0. The topological polar surface area (TPSA) is 175 Å². The fraction of sp³-hybridized carbons (Fsp3) is 0.934. The summed E-state index contributed by atoms with van der Waals surface area (Å²) < 4.78 is 28.5. The first-order valence-electron chi connectivity index (χ1n) is 31.0. The number of carboxylic acid groups (broad SMARTS) is 1. The molecule has 0 spiro atoms.